The van der Waals surface area contributed by atoms with Crippen molar-refractivity contribution in [1.29, 1.82) is 0 Å². The number of carbonyl (C=O) groups is 2. The van der Waals surface area contributed by atoms with Crippen LogP contribution in [0.5, 0.6) is 11.5 Å². The van der Waals surface area contributed by atoms with Crippen LogP contribution in [0.4, 0.5) is 0 Å². The summed E-state index contributed by atoms with van der Waals surface area (Å²) in [6.45, 7) is 1.69. The minimum atomic E-state index is -0.205. The highest BCUT2D eigenvalue weighted by atomic mass is 79.9. The Hall–Kier alpha value is -3.09. The molecule has 1 heterocycles. The van der Waals surface area contributed by atoms with Crippen LogP contribution in [-0.2, 0) is 0 Å². The molecule has 5 nitrogen and oxygen atoms in total. The van der Waals surface area contributed by atoms with Gasteiger partial charge in [-0.25, -0.2) is 0 Å². The molecule has 0 saturated carbocycles. The molecule has 7 heteroatoms. The van der Waals surface area contributed by atoms with E-state index in [4.69, 9.17) is 21.1 Å². The van der Waals surface area contributed by atoms with Gasteiger partial charge in [0.2, 0.25) is 5.78 Å². The summed E-state index contributed by atoms with van der Waals surface area (Å²) < 4.78 is 14.0. The van der Waals surface area contributed by atoms with Crippen LogP contribution >= 0.6 is 27.5 Å². The number of hydrogen-bond donors (Lipinski definition) is 0. The quantitative estimate of drug-likeness (QED) is 0.211. The second-order valence-electron chi connectivity index (χ2n) is 7.14. The number of para-hydroxylation sites is 1. The van der Waals surface area contributed by atoms with E-state index < -0.39 is 0 Å². The number of hydrogen-bond acceptors (Lipinski definition) is 4. The molecular weight excluding hydrogens is 494 g/mol. The number of fused-ring (bicyclic) bond motifs is 1. The van der Waals surface area contributed by atoms with Crippen LogP contribution in [0, 0.1) is 6.92 Å². The Kier molecular flexibility index (Phi) is 6.35. The Labute approximate surface area is 198 Å². The number of nitrogens with zero attached hydrogens (tertiary/aromatic N) is 1. The number of Topliss-reactive ketones (excluding diaryl/α,β-unsaturated/α-hetero) is 1. The molecule has 0 aliphatic carbocycles. The Morgan fingerprint density at radius 1 is 1.09 bits per heavy atom. The molecule has 0 saturated heterocycles. The Morgan fingerprint density at radius 3 is 2.50 bits per heavy atom. The summed E-state index contributed by atoms with van der Waals surface area (Å²) in [5, 5.41) is 1.37. The van der Waals surface area contributed by atoms with Crippen LogP contribution in [0.15, 0.2) is 65.1 Å². The number of benzene rings is 3. The topological polar surface area (TPSA) is 57.5 Å². The zero-order valence-corrected chi connectivity index (χ0v) is 19.7. The Morgan fingerprint density at radius 2 is 1.81 bits per heavy atom. The SMILES string of the molecule is COc1cc2c(C(=O)COc3ccccc3C=O)c(C)n(-c3ccc(Cl)cc3)c2cc1Br. The highest BCUT2D eigenvalue weighted by molar-refractivity contribution is 9.10. The molecule has 0 aliphatic heterocycles. The molecule has 3 aromatic carbocycles. The van der Waals surface area contributed by atoms with E-state index in [1.807, 2.05) is 47.9 Å². The van der Waals surface area contributed by atoms with E-state index in [1.165, 1.54) is 0 Å². The standard InChI is InChI=1S/C25H19BrClNO4/c1-15-25(22(30)14-32-23-6-4-3-5-16(23)13-29)19-11-24(31-2)20(26)12-21(19)28(15)18-9-7-17(27)8-10-18/h3-13H,14H2,1-2H3. The third-order valence-corrected chi connectivity index (χ3v) is 6.12. The van der Waals surface area contributed by atoms with Gasteiger partial charge in [0.25, 0.3) is 0 Å². The maximum atomic E-state index is 13.3. The van der Waals surface area contributed by atoms with E-state index in [0.29, 0.717) is 33.9 Å². The van der Waals surface area contributed by atoms with Crippen molar-refractivity contribution >= 4 is 50.5 Å². The zero-order chi connectivity index (χ0) is 22.8. The molecular formula is C25H19BrClNO4. The van der Waals surface area contributed by atoms with Gasteiger partial charge in [0.1, 0.15) is 11.5 Å². The van der Waals surface area contributed by atoms with Crippen molar-refractivity contribution in [2.24, 2.45) is 0 Å². The van der Waals surface area contributed by atoms with Gasteiger partial charge in [0.15, 0.2) is 12.9 Å². The molecule has 0 bridgehead atoms. The number of aldehydes is 1. The molecule has 0 radical (unpaired) electrons. The summed E-state index contributed by atoms with van der Waals surface area (Å²) in [6, 6.07) is 18.0. The van der Waals surface area contributed by atoms with E-state index in [2.05, 4.69) is 15.9 Å². The fourth-order valence-corrected chi connectivity index (χ4v) is 4.39. The smallest absolute Gasteiger partial charge is 0.202 e. The van der Waals surface area contributed by atoms with Crippen molar-refractivity contribution in [3.05, 3.63) is 87.0 Å². The summed E-state index contributed by atoms with van der Waals surface area (Å²) in [5.74, 6) is 0.785. The van der Waals surface area contributed by atoms with Gasteiger partial charge < -0.3 is 14.0 Å². The van der Waals surface area contributed by atoms with Crippen molar-refractivity contribution < 1.29 is 19.1 Å². The van der Waals surface area contributed by atoms with E-state index in [-0.39, 0.29) is 12.4 Å². The first-order chi connectivity index (χ1) is 15.4. The van der Waals surface area contributed by atoms with Gasteiger partial charge >= 0.3 is 0 Å². The predicted molar refractivity (Wildman–Crippen MR) is 129 cm³/mol. The minimum absolute atomic E-state index is 0.203. The monoisotopic (exact) mass is 511 g/mol. The highest BCUT2D eigenvalue weighted by Gasteiger charge is 2.23. The van der Waals surface area contributed by atoms with Gasteiger partial charge in [0, 0.05) is 21.8 Å². The lowest BCUT2D eigenvalue weighted by Crippen LogP contribution is -2.13. The molecule has 0 N–H and O–H groups in total. The lowest BCUT2D eigenvalue weighted by molar-refractivity contribution is 0.0919. The van der Waals surface area contributed by atoms with E-state index in [0.717, 1.165) is 26.8 Å². The molecule has 32 heavy (non-hydrogen) atoms. The van der Waals surface area contributed by atoms with Crippen LogP contribution in [-0.4, -0.2) is 30.4 Å². The highest BCUT2D eigenvalue weighted by Crippen LogP contribution is 2.37. The van der Waals surface area contributed by atoms with Crippen molar-refractivity contribution in [2.75, 3.05) is 13.7 Å². The summed E-state index contributed by atoms with van der Waals surface area (Å²) in [6.07, 6.45) is 0.708. The molecule has 1 aromatic heterocycles. The number of methoxy groups -OCH3 is 1. The maximum Gasteiger partial charge on any atom is 0.202 e. The summed E-state index contributed by atoms with van der Waals surface area (Å²) in [4.78, 5) is 24.6. The van der Waals surface area contributed by atoms with E-state index in [9.17, 15) is 9.59 Å². The number of aromatic nitrogens is 1. The molecule has 0 spiro atoms. The molecule has 4 aromatic rings. The van der Waals surface area contributed by atoms with Gasteiger partial charge in [-0.3, -0.25) is 9.59 Å². The molecule has 0 amide bonds. The molecule has 0 aliphatic rings. The lowest BCUT2D eigenvalue weighted by atomic mass is 10.1. The molecule has 4 rings (SSSR count). The zero-order valence-electron chi connectivity index (χ0n) is 17.4. The van der Waals surface area contributed by atoms with E-state index >= 15 is 0 Å². The Bertz CT molecular complexity index is 1330. The van der Waals surface area contributed by atoms with Crippen LogP contribution in [0.3, 0.4) is 0 Å². The van der Waals surface area contributed by atoms with Gasteiger partial charge in [-0.15, -0.1) is 0 Å². The fraction of sp³-hybridized carbons (Fsp3) is 0.120. The number of ketones is 1. The molecule has 0 atom stereocenters. The molecule has 0 unspecified atom stereocenters. The second-order valence-corrected chi connectivity index (χ2v) is 8.43. The van der Waals surface area contributed by atoms with Crippen LogP contribution in [0.2, 0.25) is 5.02 Å². The normalized spacial score (nSPS) is 10.9. The van der Waals surface area contributed by atoms with Gasteiger partial charge in [-0.1, -0.05) is 23.7 Å². The number of carbonyl (C=O) groups excluding carboxylic acids is 2. The van der Waals surface area contributed by atoms with Crippen molar-refractivity contribution in [1.82, 2.24) is 4.57 Å². The first kappa shape index (κ1) is 22.1. The first-order valence-electron chi connectivity index (χ1n) is 9.79. The molecule has 162 valence electrons. The Balaban J connectivity index is 1.82. The second kappa shape index (κ2) is 9.18. The minimum Gasteiger partial charge on any atom is -0.496 e. The third kappa shape index (κ3) is 4.04. The van der Waals surface area contributed by atoms with Gasteiger partial charge in [0.05, 0.1) is 28.2 Å². The van der Waals surface area contributed by atoms with Crippen molar-refractivity contribution in [3.8, 4) is 17.2 Å². The lowest BCUT2D eigenvalue weighted by Gasteiger charge is -2.10. The van der Waals surface area contributed by atoms with Crippen molar-refractivity contribution in [3.63, 3.8) is 0 Å². The van der Waals surface area contributed by atoms with Crippen LogP contribution in [0.25, 0.3) is 16.6 Å². The number of ether oxygens (including phenoxy) is 2. The van der Waals surface area contributed by atoms with Crippen molar-refractivity contribution in [2.45, 2.75) is 6.92 Å². The van der Waals surface area contributed by atoms with Crippen LogP contribution in [0.1, 0.15) is 26.4 Å². The molecule has 0 fully saturated rings. The van der Waals surface area contributed by atoms with Crippen LogP contribution < -0.4 is 9.47 Å². The largest absolute Gasteiger partial charge is 0.496 e. The fourth-order valence-electron chi connectivity index (χ4n) is 3.77. The maximum absolute atomic E-state index is 13.3. The number of halogens is 2. The summed E-state index contributed by atoms with van der Waals surface area (Å²) in [5.41, 5.74) is 3.41. The summed E-state index contributed by atoms with van der Waals surface area (Å²) in [7, 11) is 1.58. The van der Waals surface area contributed by atoms with E-state index in [1.54, 1.807) is 31.4 Å². The van der Waals surface area contributed by atoms with Gasteiger partial charge in [-0.05, 0) is 71.4 Å². The number of rotatable bonds is 7. The predicted octanol–water partition coefficient (Wildman–Crippen LogP) is 6.44. The third-order valence-electron chi connectivity index (χ3n) is 5.25. The average molecular weight is 513 g/mol. The average Bonchev–Trinajstić information content (AvgIpc) is 3.08. The van der Waals surface area contributed by atoms with Gasteiger partial charge in [-0.2, -0.15) is 0 Å². The summed E-state index contributed by atoms with van der Waals surface area (Å²) >= 11 is 9.61. The first-order valence-corrected chi connectivity index (χ1v) is 11.0.